The second-order valence-corrected chi connectivity index (χ2v) is 11.2. The zero-order valence-electron chi connectivity index (χ0n) is 16.0. The molecule has 0 aliphatic carbocycles. The van der Waals surface area contributed by atoms with Crippen LogP contribution < -0.4 is 10.6 Å². The first-order valence-electron chi connectivity index (χ1n) is 8.73. The second kappa shape index (κ2) is 7.31. The maximum absolute atomic E-state index is 12.8. The molecule has 1 aliphatic heterocycles. The third-order valence-corrected chi connectivity index (χ3v) is 7.44. The van der Waals surface area contributed by atoms with E-state index in [4.69, 9.17) is 4.74 Å². The number of ether oxygens (including phenoxy) is 1. The summed E-state index contributed by atoms with van der Waals surface area (Å²) in [4.78, 5) is 27.1. The molecule has 146 valence electrons. The van der Waals surface area contributed by atoms with Crippen LogP contribution in [0.5, 0.6) is 0 Å². The first kappa shape index (κ1) is 20.5. The van der Waals surface area contributed by atoms with Crippen molar-refractivity contribution < 1.29 is 14.3 Å². The molecule has 0 atom stereocenters. The second-order valence-electron chi connectivity index (χ2n) is 7.70. The number of nitrogens with one attached hydrogen (secondary N) is 2. The van der Waals surface area contributed by atoms with Crippen molar-refractivity contribution in [2.45, 2.75) is 52.1 Å². The summed E-state index contributed by atoms with van der Waals surface area (Å²) >= 11 is 6.18. The minimum atomic E-state index is -0.383. The number of rotatable bonds is 4. The Kier molecular flexibility index (Phi) is 5.55. The maximum Gasteiger partial charge on any atom is 0.341 e. The fraction of sp³-hybridized carbons (Fsp3) is 0.474. The summed E-state index contributed by atoms with van der Waals surface area (Å²) in [5.74, 6) is -0.606. The van der Waals surface area contributed by atoms with Gasteiger partial charge in [0, 0.05) is 16.0 Å². The van der Waals surface area contributed by atoms with Gasteiger partial charge in [0.2, 0.25) is 0 Å². The van der Waals surface area contributed by atoms with E-state index in [1.54, 1.807) is 13.0 Å². The number of anilines is 1. The number of hydrogen-bond donors (Lipinski definition) is 2. The van der Waals surface area contributed by atoms with Crippen molar-refractivity contribution >= 4 is 55.5 Å². The Hall–Kier alpha value is -1.22. The zero-order valence-corrected chi connectivity index (χ0v) is 19.2. The van der Waals surface area contributed by atoms with Crippen molar-refractivity contribution in [1.29, 1.82) is 0 Å². The van der Waals surface area contributed by atoms with Gasteiger partial charge in [-0.1, -0.05) is 0 Å². The fourth-order valence-corrected chi connectivity index (χ4v) is 6.18. The van der Waals surface area contributed by atoms with Crippen LogP contribution in [0.4, 0.5) is 5.00 Å². The van der Waals surface area contributed by atoms with Crippen LogP contribution in [-0.2, 0) is 16.7 Å². The monoisotopic (exact) mass is 470 g/mol. The smallest absolute Gasteiger partial charge is 0.341 e. The van der Waals surface area contributed by atoms with Crippen molar-refractivity contribution in [2.24, 2.45) is 0 Å². The van der Waals surface area contributed by atoms with E-state index in [9.17, 15) is 9.59 Å². The molecule has 0 saturated heterocycles. The van der Waals surface area contributed by atoms with Crippen LogP contribution in [0, 0.1) is 0 Å². The van der Waals surface area contributed by atoms with Crippen molar-refractivity contribution in [1.82, 2.24) is 5.32 Å². The summed E-state index contributed by atoms with van der Waals surface area (Å²) in [6.07, 6.45) is 0.691. The summed E-state index contributed by atoms with van der Waals surface area (Å²) in [5, 5.41) is 7.13. The molecule has 8 heteroatoms. The van der Waals surface area contributed by atoms with Crippen molar-refractivity contribution in [3.05, 3.63) is 36.8 Å². The summed E-state index contributed by atoms with van der Waals surface area (Å²) in [7, 11) is 0. The van der Waals surface area contributed by atoms with E-state index in [0.717, 1.165) is 14.2 Å². The normalized spacial score (nSPS) is 17.3. The Morgan fingerprint density at radius 2 is 1.96 bits per heavy atom. The van der Waals surface area contributed by atoms with Gasteiger partial charge in [-0.3, -0.25) is 4.79 Å². The molecule has 0 bridgehead atoms. The number of halogens is 1. The minimum absolute atomic E-state index is 0.168. The topological polar surface area (TPSA) is 67.4 Å². The van der Waals surface area contributed by atoms with Gasteiger partial charge >= 0.3 is 5.97 Å². The third kappa shape index (κ3) is 4.13. The molecule has 0 saturated carbocycles. The van der Waals surface area contributed by atoms with Crippen LogP contribution in [0.1, 0.15) is 65.1 Å². The number of carbonyl (C=O) groups excluding carboxylic acids is 2. The van der Waals surface area contributed by atoms with Crippen LogP contribution in [0.2, 0.25) is 0 Å². The SMILES string of the molecule is CCOC(=O)c1c(NC(=O)c2ccc(Br)s2)sc2c1CC(C)(C)NC2(C)C. The Morgan fingerprint density at radius 1 is 1.26 bits per heavy atom. The van der Waals surface area contributed by atoms with Crippen LogP contribution in [0.3, 0.4) is 0 Å². The number of amides is 1. The molecule has 3 heterocycles. The lowest BCUT2D eigenvalue weighted by atomic mass is 9.81. The number of esters is 1. The van der Waals surface area contributed by atoms with Crippen LogP contribution in [0.25, 0.3) is 0 Å². The van der Waals surface area contributed by atoms with E-state index >= 15 is 0 Å². The predicted octanol–water partition coefficient (Wildman–Crippen LogP) is 5.16. The van der Waals surface area contributed by atoms with Gasteiger partial charge in [0.1, 0.15) is 5.00 Å². The number of carbonyl (C=O) groups is 2. The highest BCUT2D eigenvalue weighted by molar-refractivity contribution is 9.11. The molecule has 2 aromatic heterocycles. The largest absolute Gasteiger partial charge is 0.462 e. The molecule has 0 aromatic carbocycles. The summed E-state index contributed by atoms with van der Waals surface area (Å²) in [6.45, 7) is 10.5. The van der Waals surface area contributed by atoms with E-state index in [1.165, 1.54) is 22.7 Å². The van der Waals surface area contributed by atoms with Gasteiger partial charge in [0.05, 0.1) is 20.8 Å². The molecule has 0 fully saturated rings. The molecule has 2 aromatic rings. The van der Waals surface area contributed by atoms with Gasteiger partial charge in [-0.25, -0.2) is 4.79 Å². The molecule has 2 N–H and O–H groups in total. The van der Waals surface area contributed by atoms with Crippen molar-refractivity contribution in [3.8, 4) is 0 Å². The third-order valence-electron chi connectivity index (χ3n) is 4.35. The Balaban J connectivity index is 2.07. The first-order valence-corrected chi connectivity index (χ1v) is 11.2. The van der Waals surface area contributed by atoms with Crippen molar-refractivity contribution in [3.63, 3.8) is 0 Å². The van der Waals surface area contributed by atoms with Gasteiger partial charge < -0.3 is 15.4 Å². The van der Waals surface area contributed by atoms with Gasteiger partial charge in [-0.2, -0.15) is 0 Å². The number of thiophene rings is 2. The lowest BCUT2D eigenvalue weighted by Crippen LogP contribution is -2.55. The Morgan fingerprint density at radius 3 is 2.56 bits per heavy atom. The Bertz CT molecular complexity index is 899. The quantitative estimate of drug-likeness (QED) is 0.605. The maximum atomic E-state index is 12.8. The molecular weight excluding hydrogens is 448 g/mol. The lowest BCUT2D eigenvalue weighted by Gasteiger charge is -2.42. The summed E-state index contributed by atoms with van der Waals surface area (Å²) < 4.78 is 6.20. The molecule has 3 rings (SSSR count). The standard InChI is InChI=1S/C19H23BrN2O3S2/c1-6-25-17(24)13-10-9-18(2,3)22-19(4,5)14(10)27-16(13)21-15(23)11-7-8-12(20)26-11/h7-8,22H,6,9H2,1-5H3,(H,21,23). The van der Waals surface area contributed by atoms with Crippen molar-refractivity contribution in [2.75, 3.05) is 11.9 Å². The Labute approximate surface area is 175 Å². The molecule has 27 heavy (non-hydrogen) atoms. The first-order chi connectivity index (χ1) is 12.5. The van der Waals surface area contributed by atoms with Crippen LogP contribution in [-0.4, -0.2) is 24.0 Å². The molecule has 0 unspecified atom stereocenters. The van der Waals surface area contributed by atoms with E-state index in [1.807, 2.05) is 6.07 Å². The van der Waals surface area contributed by atoms with Gasteiger partial charge in [0.15, 0.2) is 0 Å². The van der Waals surface area contributed by atoms with E-state index in [0.29, 0.717) is 28.5 Å². The molecule has 0 radical (unpaired) electrons. The van der Waals surface area contributed by atoms with Gasteiger partial charge in [-0.05, 0) is 74.7 Å². The zero-order chi connectivity index (χ0) is 20.0. The highest BCUT2D eigenvalue weighted by atomic mass is 79.9. The average molecular weight is 471 g/mol. The average Bonchev–Trinajstić information content (AvgIpc) is 3.10. The van der Waals surface area contributed by atoms with Gasteiger partial charge in [-0.15, -0.1) is 22.7 Å². The van der Waals surface area contributed by atoms with Crippen LogP contribution >= 0.6 is 38.6 Å². The fourth-order valence-electron chi connectivity index (χ4n) is 3.64. The van der Waals surface area contributed by atoms with E-state index in [-0.39, 0.29) is 23.0 Å². The molecular formula is C19H23BrN2O3S2. The predicted molar refractivity (Wildman–Crippen MR) is 114 cm³/mol. The molecule has 1 amide bonds. The lowest BCUT2D eigenvalue weighted by molar-refractivity contribution is 0.0526. The minimum Gasteiger partial charge on any atom is -0.462 e. The van der Waals surface area contributed by atoms with E-state index < -0.39 is 0 Å². The van der Waals surface area contributed by atoms with Gasteiger partial charge in [0.25, 0.3) is 5.91 Å². The molecule has 5 nitrogen and oxygen atoms in total. The summed E-state index contributed by atoms with van der Waals surface area (Å²) in [6, 6.07) is 3.59. The number of hydrogen-bond acceptors (Lipinski definition) is 6. The van der Waals surface area contributed by atoms with Crippen LogP contribution in [0.15, 0.2) is 15.9 Å². The highest BCUT2D eigenvalue weighted by Crippen LogP contribution is 2.45. The van der Waals surface area contributed by atoms with E-state index in [2.05, 4.69) is 54.3 Å². The molecule has 1 aliphatic rings. The number of fused-ring (bicyclic) bond motifs is 1. The molecule has 0 spiro atoms. The summed E-state index contributed by atoms with van der Waals surface area (Å²) in [5.41, 5.74) is 0.981. The highest BCUT2D eigenvalue weighted by Gasteiger charge is 2.42.